The minimum absolute atomic E-state index is 0.223. The van der Waals surface area contributed by atoms with Gasteiger partial charge in [0.15, 0.2) is 0 Å². The van der Waals surface area contributed by atoms with Gasteiger partial charge in [0.05, 0.1) is 6.04 Å². The molecule has 0 aromatic carbocycles. The van der Waals surface area contributed by atoms with Crippen molar-refractivity contribution >= 4 is 12.0 Å². The van der Waals surface area contributed by atoms with Crippen molar-refractivity contribution in [3.05, 3.63) is 0 Å². The van der Waals surface area contributed by atoms with Gasteiger partial charge in [0.2, 0.25) is 5.91 Å². The van der Waals surface area contributed by atoms with E-state index >= 15 is 0 Å². The van der Waals surface area contributed by atoms with Crippen LogP contribution in [0.1, 0.15) is 0 Å². The fourth-order valence-electron chi connectivity index (χ4n) is 0.528. The quantitative estimate of drug-likeness (QED) is 0.321. The Labute approximate surface area is 68.3 Å². The lowest BCUT2D eigenvalue weighted by Gasteiger charge is -2.14. The summed E-state index contributed by atoms with van der Waals surface area (Å²) in [4.78, 5) is 20.2. The predicted molar refractivity (Wildman–Crippen MR) is 39.2 cm³/mol. The van der Waals surface area contributed by atoms with Gasteiger partial charge in [-0.05, 0) is 0 Å². The van der Waals surface area contributed by atoms with Crippen LogP contribution in [-0.2, 0) is 4.79 Å². The molecule has 2 atom stereocenters. The molecular weight excluding hydrogens is 166 g/mol. The Hall–Kier alpha value is -1.34. The van der Waals surface area contributed by atoms with E-state index in [9.17, 15) is 9.59 Å². The molecule has 0 aliphatic rings. The fraction of sp³-hybridized carbons (Fsp3) is 0.600. The maximum atomic E-state index is 10.3. The van der Waals surface area contributed by atoms with Gasteiger partial charge >= 0.3 is 6.09 Å². The molecule has 0 rings (SSSR count). The fourth-order valence-corrected chi connectivity index (χ4v) is 0.528. The van der Waals surface area contributed by atoms with Gasteiger partial charge in [-0.25, -0.2) is 4.79 Å². The van der Waals surface area contributed by atoms with Gasteiger partial charge in [-0.2, -0.15) is 0 Å². The zero-order valence-electron chi connectivity index (χ0n) is 6.23. The summed E-state index contributed by atoms with van der Waals surface area (Å²) in [6.07, 6.45) is -2.81. The third-order valence-corrected chi connectivity index (χ3v) is 1.19. The molecule has 0 aliphatic heterocycles. The van der Waals surface area contributed by atoms with Crippen molar-refractivity contribution in [3.63, 3.8) is 0 Å². The molecule has 2 amide bonds. The van der Waals surface area contributed by atoms with Crippen molar-refractivity contribution in [3.8, 4) is 0 Å². The number of rotatable bonds is 4. The van der Waals surface area contributed by atoms with Crippen LogP contribution >= 0.6 is 0 Å². The Bertz CT molecular complexity index is 184. The number of aliphatic hydroxyl groups excluding tert-OH is 1. The number of primary amides is 1. The number of amides is 2. The van der Waals surface area contributed by atoms with E-state index in [1.165, 1.54) is 0 Å². The van der Waals surface area contributed by atoms with Gasteiger partial charge in [-0.1, -0.05) is 0 Å². The smallest absolute Gasteiger partial charge is 0.404 e. The monoisotopic (exact) mass is 177 g/mol. The molecule has 7 nitrogen and oxygen atoms in total. The second-order valence-electron chi connectivity index (χ2n) is 2.20. The molecular formula is C5H11N3O4. The first kappa shape index (κ1) is 10.7. The maximum absolute atomic E-state index is 10.3. The van der Waals surface area contributed by atoms with Crippen LogP contribution in [0.2, 0.25) is 0 Å². The molecule has 0 aromatic heterocycles. The first-order valence-electron chi connectivity index (χ1n) is 3.15. The second-order valence-corrected chi connectivity index (χ2v) is 2.20. The van der Waals surface area contributed by atoms with E-state index in [1.54, 1.807) is 0 Å². The van der Waals surface area contributed by atoms with Crippen LogP contribution in [0, 0.1) is 0 Å². The molecule has 7 N–H and O–H groups in total. The van der Waals surface area contributed by atoms with E-state index in [4.69, 9.17) is 21.7 Å². The molecule has 0 bridgehead atoms. The van der Waals surface area contributed by atoms with Crippen molar-refractivity contribution in [1.82, 2.24) is 5.32 Å². The lowest BCUT2D eigenvalue weighted by molar-refractivity contribution is -0.126. The zero-order chi connectivity index (χ0) is 9.72. The number of aliphatic hydroxyl groups is 1. The van der Waals surface area contributed by atoms with Crippen LogP contribution in [0.3, 0.4) is 0 Å². The van der Waals surface area contributed by atoms with Crippen molar-refractivity contribution in [2.45, 2.75) is 12.1 Å². The number of nitrogens with two attached hydrogens (primary N) is 2. The summed E-state index contributed by atoms with van der Waals surface area (Å²) in [5.41, 5.74) is 9.89. The summed E-state index contributed by atoms with van der Waals surface area (Å²) in [7, 11) is 0. The van der Waals surface area contributed by atoms with E-state index in [0.717, 1.165) is 0 Å². The third-order valence-electron chi connectivity index (χ3n) is 1.19. The Morgan fingerprint density at radius 2 is 2.00 bits per heavy atom. The molecule has 70 valence electrons. The summed E-state index contributed by atoms with van der Waals surface area (Å²) in [5, 5.41) is 18.9. The van der Waals surface area contributed by atoms with Crippen LogP contribution in [0.4, 0.5) is 4.79 Å². The highest BCUT2D eigenvalue weighted by Gasteiger charge is 2.20. The Kier molecular flexibility index (Phi) is 4.02. The summed E-state index contributed by atoms with van der Waals surface area (Å²) in [6, 6.07) is -1.02. The van der Waals surface area contributed by atoms with Crippen LogP contribution < -0.4 is 16.8 Å². The summed E-state index contributed by atoms with van der Waals surface area (Å²) >= 11 is 0. The average molecular weight is 177 g/mol. The number of carbonyl (C=O) groups excluding carboxylic acids is 1. The van der Waals surface area contributed by atoms with Gasteiger partial charge in [-0.3, -0.25) is 4.79 Å². The highest BCUT2D eigenvalue weighted by atomic mass is 16.4. The first-order valence-corrected chi connectivity index (χ1v) is 3.15. The van der Waals surface area contributed by atoms with Crippen LogP contribution in [0.25, 0.3) is 0 Å². The minimum Gasteiger partial charge on any atom is -0.465 e. The molecule has 12 heavy (non-hydrogen) atoms. The van der Waals surface area contributed by atoms with E-state index in [-0.39, 0.29) is 6.54 Å². The second kappa shape index (κ2) is 4.52. The zero-order valence-corrected chi connectivity index (χ0v) is 6.23. The van der Waals surface area contributed by atoms with Gasteiger partial charge in [-0.15, -0.1) is 0 Å². The normalized spacial score (nSPS) is 14.8. The molecule has 0 heterocycles. The van der Waals surface area contributed by atoms with Gasteiger partial charge < -0.3 is 27.0 Å². The number of carbonyl (C=O) groups is 2. The van der Waals surface area contributed by atoms with Crippen molar-refractivity contribution in [2.75, 3.05) is 6.54 Å². The SMILES string of the molecule is NC(=O)C(O)C(N)CNC(=O)O. The highest BCUT2D eigenvalue weighted by molar-refractivity contribution is 5.79. The van der Waals surface area contributed by atoms with Crippen molar-refractivity contribution < 1.29 is 19.8 Å². The van der Waals surface area contributed by atoms with Crippen LogP contribution in [0.15, 0.2) is 0 Å². The molecule has 0 fully saturated rings. The number of hydrogen-bond acceptors (Lipinski definition) is 4. The van der Waals surface area contributed by atoms with E-state index in [1.807, 2.05) is 5.32 Å². The first-order chi connectivity index (χ1) is 5.45. The van der Waals surface area contributed by atoms with Gasteiger partial charge in [0.1, 0.15) is 6.10 Å². The van der Waals surface area contributed by atoms with E-state index < -0.39 is 24.1 Å². The molecule has 2 unspecified atom stereocenters. The summed E-state index contributed by atoms with van der Waals surface area (Å²) < 4.78 is 0. The van der Waals surface area contributed by atoms with E-state index in [0.29, 0.717) is 0 Å². The lowest BCUT2D eigenvalue weighted by Crippen LogP contribution is -2.50. The molecule has 0 spiro atoms. The molecule has 7 heteroatoms. The molecule has 0 radical (unpaired) electrons. The maximum Gasteiger partial charge on any atom is 0.404 e. The Balaban J connectivity index is 3.79. The Morgan fingerprint density at radius 3 is 2.33 bits per heavy atom. The van der Waals surface area contributed by atoms with Crippen LogP contribution in [-0.4, -0.2) is 40.9 Å². The highest BCUT2D eigenvalue weighted by Crippen LogP contribution is 1.86. The van der Waals surface area contributed by atoms with Crippen molar-refractivity contribution in [2.24, 2.45) is 11.5 Å². The molecule has 0 aromatic rings. The molecule has 0 saturated carbocycles. The number of hydrogen-bond donors (Lipinski definition) is 5. The predicted octanol–water partition coefficient (Wildman–Crippen LogP) is -2.57. The van der Waals surface area contributed by atoms with Gasteiger partial charge in [0, 0.05) is 6.54 Å². The number of carboxylic acid groups (broad SMARTS) is 1. The largest absolute Gasteiger partial charge is 0.465 e. The standard InChI is InChI=1S/C5H11N3O4/c6-2(1-8-5(11)12)3(9)4(7)10/h2-3,8-9H,1,6H2,(H2,7,10)(H,11,12). The van der Waals surface area contributed by atoms with Gasteiger partial charge in [0.25, 0.3) is 0 Å². The Morgan fingerprint density at radius 1 is 1.50 bits per heavy atom. The lowest BCUT2D eigenvalue weighted by atomic mass is 10.1. The average Bonchev–Trinajstić information content (AvgIpc) is 1.98. The van der Waals surface area contributed by atoms with E-state index in [2.05, 4.69) is 0 Å². The molecule has 0 aliphatic carbocycles. The minimum atomic E-state index is -1.53. The summed E-state index contributed by atoms with van der Waals surface area (Å²) in [6.45, 7) is -0.223. The van der Waals surface area contributed by atoms with Crippen molar-refractivity contribution in [1.29, 1.82) is 0 Å². The topological polar surface area (TPSA) is 139 Å². The van der Waals surface area contributed by atoms with Crippen LogP contribution in [0.5, 0.6) is 0 Å². The number of nitrogens with one attached hydrogen (secondary N) is 1. The summed E-state index contributed by atoms with van der Waals surface area (Å²) in [5.74, 6) is -0.977. The molecule has 0 saturated heterocycles. The third kappa shape index (κ3) is 3.74.